The Labute approximate surface area is 109 Å². The van der Waals surface area contributed by atoms with E-state index in [1.165, 1.54) is 32.4 Å². The number of piperidine rings is 1. The third-order valence-corrected chi connectivity index (χ3v) is 3.36. The second-order valence-electron chi connectivity index (χ2n) is 4.84. The summed E-state index contributed by atoms with van der Waals surface area (Å²) in [6, 6.07) is 1.89. The second kappa shape index (κ2) is 6.71. The molecular formula is C14H22N2O2. The smallest absolute Gasteiger partial charge is 0.128 e. The van der Waals surface area contributed by atoms with Crippen LogP contribution in [0.3, 0.4) is 0 Å². The summed E-state index contributed by atoms with van der Waals surface area (Å²) in [7, 11) is 0. The van der Waals surface area contributed by atoms with Crippen molar-refractivity contribution in [3.63, 3.8) is 0 Å². The van der Waals surface area contributed by atoms with E-state index in [-0.39, 0.29) is 6.61 Å². The van der Waals surface area contributed by atoms with Gasteiger partial charge in [-0.15, -0.1) is 0 Å². The molecule has 0 saturated carbocycles. The van der Waals surface area contributed by atoms with Gasteiger partial charge in [-0.05, 0) is 32.9 Å². The number of rotatable bonds is 5. The SMILES string of the molecule is Cc1cc(OCCN2CCCCC2)c(CO)cn1. The lowest BCUT2D eigenvalue weighted by atomic mass is 10.1. The number of aliphatic hydroxyl groups is 1. The van der Waals surface area contributed by atoms with Gasteiger partial charge in [0.15, 0.2) is 0 Å². The normalized spacial score (nSPS) is 16.8. The van der Waals surface area contributed by atoms with Crippen LogP contribution in [0.25, 0.3) is 0 Å². The summed E-state index contributed by atoms with van der Waals surface area (Å²) in [6.07, 6.45) is 5.65. The standard InChI is InChI=1S/C14H22N2O2/c1-12-9-14(13(11-17)10-15-12)18-8-7-16-5-3-2-4-6-16/h9-10,17H,2-8,11H2,1H3. The number of hydrogen-bond donors (Lipinski definition) is 1. The maximum Gasteiger partial charge on any atom is 0.128 e. The van der Waals surface area contributed by atoms with Gasteiger partial charge >= 0.3 is 0 Å². The molecule has 1 aliphatic heterocycles. The van der Waals surface area contributed by atoms with E-state index in [1.807, 2.05) is 13.0 Å². The highest BCUT2D eigenvalue weighted by atomic mass is 16.5. The Balaban J connectivity index is 1.83. The maximum atomic E-state index is 9.23. The van der Waals surface area contributed by atoms with Crippen molar-refractivity contribution in [3.05, 3.63) is 23.5 Å². The monoisotopic (exact) mass is 250 g/mol. The Morgan fingerprint density at radius 2 is 2.11 bits per heavy atom. The summed E-state index contributed by atoms with van der Waals surface area (Å²) in [6.45, 7) is 5.92. The molecule has 18 heavy (non-hydrogen) atoms. The molecule has 0 unspecified atom stereocenters. The number of ether oxygens (including phenoxy) is 1. The molecule has 1 saturated heterocycles. The fourth-order valence-corrected chi connectivity index (χ4v) is 2.28. The van der Waals surface area contributed by atoms with Crippen LogP contribution in [-0.4, -0.2) is 41.2 Å². The van der Waals surface area contributed by atoms with Crippen LogP contribution in [0.5, 0.6) is 5.75 Å². The van der Waals surface area contributed by atoms with Gasteiger partial charge in [0.2, 0.25) is 0 Å². The Morgan fingerprint density at radius 3 is 2.83 bits per heavy atom. The van der Waals surface area contributed by atoms with Crippen molar-refractivity contribution in [2.24, 2.45) is 0 Å². The minimum absolute atomic E-state index is 0.0215. The first kappa shape index (κ1) is 13.3. The number of aliphatic hydroxyl groups excluding tert-OH is 1. The number of pyridine rings is 1. The number of likely N-dealkylation sites (tertiary alicyclic amines) is 1. The number of nitrogens with zero attached hydrogens (tertiary/aromatic N) is 2. The van der Waals surface area contributed by atoms with Gasteiger partial charge in [0.05, 0.1) is 6.61 Å². The lowest BCUT2D eigenvalue weighted by Crippen LogP contribution is -2.33. The molecule has 0 radical (unpaired) electrons. The summed E-state index contributed by atoms with van der Waals surface area (Å²) in [5.74, 6) is 0.766. The minimum Gasteiger partial charge on any atom is -0.492 e. The molecule has 1 aromatic heterocycles. The van der Waals surface area contributed by atoms with Crippen molar-refractivity contribution in [1.29, 1.82) is 0 Å². The second-order valence-corrected chi connectivity index (χ2v) is 4.84. The molecule has 4 nitrogen and oxygen atoms in total. The van der Waals surface area contributed by atoms with E-state index in [9.17, 15) is 5.11 Å². The van der Waals surface area contributed by atoms with E-state index in [2.05, 4.69) is 9.88 Å². The predicted octanol–water partition coefficient (Wildman–Crippen LogP) is 1.75. The molecule has 1 aromatic rings. The zero-order valence-electron chi connectivity index (χ0n) is 11.1. The van der Waals surface area contributed by atoms with Crippen LogP contribution in [-0.2, 0) is 6.61 Å². The summed E-state index contributed by atoms with van der Waals surface area (Å²) in [4.78, 5) is 6.60. The van der Waals surface area contributed by atoms with Crippen molar-refractivity contribution in [2.75, 3.05) is 26.2 Å². The van der Waals surface area contributed by atoms with Crippen molar-refractivity contribution in [1.82, 2.24) is 9.88 Å². The molecular weight excluding hydrogens is 228 g/mol. The van der Waals surface area contributed by atoms with E-state index >= 15 is 0 Å². The molecule has 1 fully saturated rings. The van der Waals surface area contributed by atoms with E-state index in [0.29, 0.717) is 6.61 Å². The fourth-order valence-electron chi connectivity index (χ4n) is 2.28. The topological polar surface area (TPSA) is 45.6 Å². The highest BCUT2D eigenvalue weighted by Crippen LogP contribution is 2.18. The summed E-state index contributed by atoms with van der Waals surface area (Å²) in [5.41, 5.74) is 1.68. The molecule has 0 aliphatic carbocycles. The van der Waals surface area contributed by atoms with Crippen molar-refractivity contribution in [2.45, 2.75) is 32.8 Å². The van der Waals surface area contributed by atoms with Crippen LogP contribution in [0.4, 0.5) is 0 Å². The van der Waals surface area contributed by atoms with Crippen LogP contribution >= 0.6 is 0 Å². The van der Waals surface area contributed by atoms with Crippen molar-refractivity contribution in [3.8, 4) is 5.75 Å². The maximum absolute atomic E-state index is 9.23. The first-order valence-corrected chi connectivity index (χ1v) is 6.71. The lowest BCUT2D eigenvalue weighted by molar-refractivity contribution is 0.180. The zero-order valence-corrected chi connectivity index (χ0v) is 11.1. The van der Waals surface area contributed by atoms with E-state index in [1.54, 1.807) is 6.20 Å². The molecule has 2 heterocycles. The molecule has 0 atom stereocenters. The van der Waals surface area contributed by atoms with Crippen LogP contribution in [0.1, 0.15) is 30.5 Å². The molecule has 100 valence electrons. The van der Waals surface area contributed by atoms with Gasteiger partial charge in [-0.25, -0.2) is 0 Å². The first-order valence-electron chi connectivity index (χ1n) is 6.71. The van der Waals surface area contributed by atoms with Crippen LogP contribution < -0.4 is 4.74 Å². The highest BCUT2D eigenvalue weighted by molar-refractivity contribution is 5.32. The average Bonchev–Trinajstić information content (AvgIpc) is 2.40. The number of aromatic nitrogens is 1. The third kappa shape index (κ3) is 3.68. The predicted molar refractivity (Wildman–Crippen MR) is 70.7 cm³/mol. The molecule has 0 spiro atoms. The fraction of sp³-hybridized carbons (Fsp3) is 0.643. The van der Waals surface area contributed by atoms with Gasteiger partial charge in [-0.2, -0.15) is 0 Å². The molecule has 4 heteroatoms. The molecule has 0 bridgehead atoms. The van der Waals surface area contributed by atoms with E-state index in [4.69, 9.17) is 4.74 Å². The first-order chi connectivity index (χ1) is 8.79. The largest absolute Gasteiger partial charge is 0.492 e. The quantitative estimate of drug-likeness (QED) is 0.864. The lowest BCUT2D eigenvalue weighted by Gasteiger charge is -2.26. The Kier molecular flexibility index (Phi) is 4.96. The molecule has 2 rings (SSSR count). The summed E-state index contributed by atoms with van der Waals surface area (Å²) < 4.78 is 5.77. The Morgan fingerprint density at radius 1 is 1.33 bits per heavy atom. The van der Waals surface area contributed by atoms with Crippen LogP contribution in [0.15, 0.2) is 12.3 Å². The van der Waals surface area contributed by atoms with Gasteiger partial charge in [-0.1, -0.05) is 6.42 Å². The van der Waals surface area contributed by atoms with Gasteiger partial charge < -0.3 is 9.84 Å². The average molecular weight is 250 g/mol. The summed E-state index contributed by atoms with van der Waals surface area (Å²) in [5, 5.41) is 9.23. The van der Waals surface area contributed by atoms with Gasteiger partial charge in [0.25, 0.3) is 0 Å². The van der Waals surface area contributed by atoms with Crippen molar-refractivity contribution < 1.29 is 9.84 Å². The van der Waals surface area contributed by atoms with Gasteiger partial charge in [-0.3, -0.25) is 9.88 Å². The van der Waals surface area contributed by atoms with Crippen molar-refractivity contribution >= 4 is 0 Å². The van der Waals surface area contributed by atoms with Gasteiger partial charge in [0.1, 0.15) is 12.4 Å². The highest BCUT2D eigenvalue weighted by Gasteiger charge is 2.10. The molecule has 1 aliphatic rings. The Hall–Kier alpha value is -1.13. The van der Waals surface area contributed by atoms with Crippen LogP contribution in [0.2, 0.25) is 0 Å². The molecule has 0 amide bonds. The van der Waals surface area contributed by atoms with E-state index < -0.39 is 0 Å². The Bertz CT molecular complexity index is 376. The minimum atomic E-state index is -0.0215. The number of aryl methyl sites for hydroxylation is 1. The summed E-state index contributed by atoms with van der Waals surface area (Å²) >= 11 is 0. The van der Waals surface area contributed by atoms with E-state index in [0.717, 1.165) is 23.6 Å². The number of hydrogen-bond acceptors (Lipinski definition) is 4. The molecule has 1 N–H and O–H groups in total. The third-order valence-electron chi connectivity index (χ3n) is 3.36. The molecule has 0 aromatic carbocycles. The zero-order chi connectivity index (χ0) is 12.8. The van der Waals surface area contributed by atoms with Gasteiger partial charge in [0, 0.05) is 30.1 Å². The van der Waals surface area contributed by atoms with Crippen LogP contribution in [0, 0.1) is 6.92 Å².